The van der Waals surface area contributed by atoms with Gasteiger partial charge in [-0.3, -0.25) is 4.79 Å². The highest BCUT2D eigenvalue weighted by molar-refractivity contribution is 5.86. The number of benzene rings is 1. The van der Waals surface area contributed by atoms with Crippen LogP contribution >= 0.6 is 0 Å². The van der Waals surface area contributed by atoms with Crippen molar-refractivity contribution in [3.63, 3.8) is 0 Å². The molecule has 3 heterocycles. The van der Waals surface area contributed by atoms with Crippen LogP contribution in [0.2, 0.25) is 0 Å². The van der Waals surface area contributed by atoms with Gasteiger partial charge in [0.15, 0.2) is 17.0 Å². The summed E-state index contributed by atoms with van der Waals surface area (Å²) in [5.41, 5.74) is 2.65. The molecule has 3 aromatic rings. The van der Waals surface area contributed by atoms with Crippen molar-refractivity contribution in [2.24, 2.45) is 0 Å². The van der Waals surface area contributed by atoms with E-state index in [1.165, 1.54) is 32.1 Å². The maximum absolute atomic E-state index is 11.8. The van der Waals surface area contributed by atoms with Gasteiger partial charge in [-0.05, 0) is 37.8 Å². The van der Waals surface area contributed by atoms with E-state index in [0.717, 1.165) is 49.3 Å². The first-order valence-corrected chi connectivity index (χ1v) is 11.9. The van der Waals surface area contributed by atoms with Crippen LogP contribution < -0.4 is 10.6 Å². The number of rotatable bonds is 8. The quantitative estimate of drug-likeness (QED) is 0.509. The minimum absolute atomic E-state index is 0.272. The van der Waals surface area contributed by atoms with Gasteiger partial charge >= 0.3 is 0 Å². The number of likely N-dealkylation sites (tertiary alicyclic amines) is 1. The third-order valence-corrected chi connectivity index (χ3v) is 6.49. The third kappa shape index (κ3) is 4.54. The Morgan fingerprint density at radius 1 is 1.03 bits per heavy atom. The summed E-state index contributed by atoms with van der Waals surface area (Å²) in [4.78, 5) is 28.1. The van der Waals surface area contributed by atoms with Gasteiger partial charge in [-0.15, -0.1) is 0 Å². The lowest BCUT2D eigenvalue weighted by atomic mass is 9.95. The Labute approximate surface area is 188 Å². The van der Waals surface area contributed by atoms with E-state index in [9.17, 15) is 4.79 Å². The lowest BCUT2D eigenvalue weighted by molar-refractivity contribution is -0.127. The monoisotopic (exact) mass is 433 g/mol. The van der Waals surface area contributed by atoms with Crippen molar-refractivity contribution in [1.29, 1.82) is 0 Å². The van der Waals surface area contributed by atoms with Crippen molar-refractivity contribution >= 4 is 34.5 Å². The topological polar surface area (TPSA) is 88.0 Å². The Bertz CT molecular complexity index is 1060. The summed E-state index contributed by atoms with van der Waals surface area (Å²) in [5.74, 6) is 1.59. The zero-order valence-electron chi connectivity index (χ0n) is 18.5. The minimum atomic E-state index is 0.272. The maximum Gasteiger partial charge on any atom is 0.226 e. The van der Waals surface area contributed by atoms with Gasteiger partial charge in [-0.25, -0.2) is 4.98 Å². The van der Waals surface area contributed by atoms with Crippen LogP contribution in [-0.2, 0) is 4.79 Å². The molecular formula is C24H31N7O. The van der Waals surface area contributed by atoms with Crippen molar-refractivity contribution in [3.8, 4) is 0 Å². The maximum atomic E-state index is 11.8. The highest BCUT2D eigenvalue weighted by Gasteiger charge is 2.21. The van der Waals surface area contributed by atoms with Crippen LogP contribution in [0.4, 0.5) is 17.5 Å². The molecule has 2 N–H and O–H groups in total. The second-order valence-electron chi connectivity index (χ2n) is 8.77. The SMILES string of the molecule is O=C1CCCN1CCCNc1nc(Nc2ccccc2)c2ncn(C3CCCCC3)c2n1. The molecule has 32 heavy (non-hydrogen) atoms. The molecule has 168 valence electrons. The summed E-state index contributed by atoms with van der Waals surface area (Å²) in [5, 5.41) is 6.81. The first-order chi connectivity index (χ1) is 15.8. The predicted molar refractivity (Wildman–Crippen MR) is 126 cm³/mol. The molecule has 0 bridgehead atoms. The Hall–Kier alpha value is -3.16. The Morgan fingerprint density at radius 3 is 2.66 bits per heavy atom. The van der Waals surface area contributed by atoms with E-state index in [0.29, 0.717) is 24.2 Å². The van der Waals surface area contributed by atoms with Crippen LogP contribution in [0.25, 0.3) is 11.2 Å². The molecule has 1 aromatic carbocycles. The molecule has 1 amide bonds. The first-order valence-electron chi connectivity index (χ1n) is 11.9. The number of carbonyl (C=O) groups excluding carboxylic acids is 1. The summed E-state index contributed by atoms with van der Waals surface area (Å²) < 4.78 is 2.24. The van der Waals surface area contributed by atoms with Crippen molar-refractivity contribution in [2.75, 3.05) is 30.3 Å². The van der Waals surface area contributed by atoms with Gasteiger partial charge in [-0.1, -0.05) is 37.5 Å². The van der Waals surface area contributed by atoms with Crippen molar-refractivity contribution in [1.82, 2.24) is 24.4 Å². The molecule has 8 nitrogen and oxygen atoms in total. The van der Waals surface area contributed by atoms with Crippen LogP contribution in [0.5, 0.6) is 0 Å². The number of hydrogen-bond donors (Lipinski definition) is 2. The van der Waals surface area contributed by atoms with Crippen molar-refractivity contribution in [3.05, 3.63) is 36.7 Å². The highest BCUT2D eigenvalue weighted by atomic mass is 16.2. The number of fused-ring (bicyclic) bond motifs is 1. The van der Waals surface area contributed by atoms with Crippen LogP contribution in [0.3, 0.4) is 0 Å². The number of amides is 1. The van der Waals surface area contributed by atoms with E-state index in [1.54, 1.807) is 0 Å². The molecule has 0 spiro atoms. The Morgan fingerprint density at radius 2 is 1.88 bits per heavy atom. The van der Waals surface area contributed by atoms with E-state index in [1.807, 2.05) is 41.6 Å². The average molecular weight is 434 g/mol. The lowest BCUT2D eigenvalue weighted by Crippen LogP contribution is -2.27. The number of para-hydroxylation sites is 1. The fourth-order valence-corrected chi connectivity index (χ4v) is 4.78. The molecule has 0 radical (unpaired) electrons. The smallest absolute Gasteiger partial charge is 0.226 e. The van der Waals surface area contributed by atoms with E-state index in [-0.39, 0.29) is 5.91 Å². The first kappa shape index (κ1) is 20.7. The number of hydrogen-bond acceptors (Lipinski definition) is 6. The van der Waals surface area contributed by atoms with Crippen LogP contribution in [0, 0.1) is 0 Å². The molecule has 1 aliphatic carbocycles. The number of aromatic nitrogens is 4. The summed E-state index contributed by atoms with van der Waals surface area (Å²) in [6.07, 6.45) is 10.6. The highest BCUT2D eigenvalue weighted by Crippen LogP contribution is 2.32. The Balaban J connectivity index is 1.37. The van der Waals surface area contributed by atoms with Crippen LogP contribution in [0.1, 0.15) is 57.4 Å². The van der Waals surface area contributed by atoms with Gasteiger partial charge < -0.3 is 20.1 Å². The summed E-state index contributed by atoms with van der Waals surface area (Å²) in [6.45, 7) is 2.38. The molecule has 0 unspecified atom stereocenters. The van der Waals surface area contributed by atoms with Gasteiger partial charge in [-0.2, -0.15) is 9.97 Å². The number of nitrogens with zero attached hydrogens (tertiary/aromatic N) is 5. The van der Waals surface area contributed by atoms with Gasteiger partial charge in [0.05, 0.1) is 6.33 Å². The molecule has 1 saturated carbocycles. The van der Waals surface area contributed by atoms with E-state index in [4.69, 9.17) is 15.0 Å². The molecule has 5 rings (SSSR count). The second-order valence-corrected chi connectivity index (χ2v) is 8.77. The molecule has 2 fully saturated rings. The van der Waals surface area contributed by atoms with Gasteiger partial charge in [0.1, 0.15) is 0 Å². The zero-order valence-corrected chi connectivity index (χ0v) is 18.5. The number of nitrogens with one attached hydrogen (secondary N) is 2. The predicted octanol–water partition coefficient (Wildman–Crippen LogP) is 4.50. The molecular weight excluding hydrogens is 402 g/mol. The Kier molecular flexibility index (Phi) is 6.18. The molecule has 1 saturated heterocycles. The van der Waals surface area contributed by atoms with Crippen molar-refractivity contribution in [2.45, 2.75) is 57.4 Å². The number of anilines is 3. The van der Waals surface area contributed by atoms with Gasteiger partial charge in [0.2, 0.25) is 11.9 Å². The van der Waals surface area contributed by atoms with E-state index >= 15 is 0 Å². The van der Waals surface area contributed by atoms with Gasteiger partial charge in [0.25, 0.3) is 0 Å². The fourth-order valence-electron chi connectivity index (χ4n) is 4.78. The lowest BCUT2D eigenvalue weighted by Gasteiger charge is -2.23. The molecule has 1 aliphatic heterocycles. The zero-order chi connectivity index (χ0) is 21.8. The van der Waals surface area contributed by atoms with E-state index in [2.05, 4.69) is 15.2 Å². The largest absolute Gasteiger partial charge is 0.354 e. The number of carbonyl (C=O) groups is 1. The molecule has 2 aliphatic rings. The van der Waals surface area contributed by atoms with Crippen LogP contribution in [-0.4, -0.2) is 50.0 Å². The third-order valence-electron chi connectivity index (χ3n) is 6.49. The molecule has 2 aromatic heterocycles. The van der Waals surface area contributed by atoms with Gasteiger partial charge in [0, 0.05) is 37.8 Å². The summed E-state index contributed by atoms with van der Waals surface area (Å²) in [6, 6.07) is 10.5. The molecule has 0 atom stereocenters. The fraction of sp³-hybridized carbons (Fsp3) is 0.500. The minimum Gasteiger partial charge on any atom is -0.354 e. The normalized spacial score (nSPS) is 17.2. The summed E-state index contributed by atoms with van der Waals surface area (Å²) >= 11 is 0. The van der Waals surface area contributed by atoms with Crippen LogP contribution in [0.15, 0.2) is 36.7 Å². The second kappa shape index (κ2) is 9.54. The summed E-state index contributed by atoms with van der Waals surface area (Å²) in [7, 11) is 0. The standard InChI is InChI=1S/C24H31N7O/c32-20-13-7-15-30(20)16-8-14-25-24-28-22(27-18-9-3-1-4-10-18)21-23(29-24)31(17-26-21)19-11-5-2-6-12-19/h1,3-4,9-10,17,19H,2,5-8,11-16H2,(H2,25,27,28,29). The van der Waals surface area contributed by atoms with E-state index < -0.39 is 0 Å². The molecule has 8 heteroatoms. The van der Waals surface area contributed by atoms with Crippen molar-refractivity contribution < 1.29 is 4.79 Å². The number of imidazole rings is 1. The average Bonchev–Trinajstić information content (AvgIpc) is 3.44.